The molecular weight excluding hydrogens is 360 g/mol. The van der Waals surface area contributed by atoms with E-state index in [1.54, 1.807) is 0 Å². The summed E-state index contributed by atoms with van der Waals surface area (Å²) in [6, 6.07) is 5.81. The van der Waals surface area contributed by atoms with Gasteiger partial charge in [0.1, 0.15) is 18.0 Å². The van der Waals surface area contributed by atoms with Gasteiger partial charge in [-0.2, -0.15) is 0 Å². The second-order valence-electron chi connectivity index (χ2n) is 8.84. The molecule has 6 nitrogen and oxygen atoms in total. The van der Waals surface area contributed by atoms with Gasteiger partial charge in [-0.15, -0.1) is 0 Å². The van der Waals surface area contributed by atoms with Gasteiger partial charge in [0, 0.05) is 19.3 Å². The Morgan fingerprint density at radius 3 is 2.54 bits per heavy atom. The predicted octanol–water partition coefficient (Wildman–Crippen LogP) is 2.34. The summed E-state index contributed by atoms with van der Waals surface area (Å²) in [5.74, 6) is 0.194. The van der Waals surface area contributed by atoms with Crippen molar-refractivity contribution in [3.8, 4) is 5.75 Å². The number of rotatable bonds is 2. The Kier molecular flexibility index (Phi) is 4.74. The summed E-state index contributed by atoms with van der Waals surface area (Å²) in [6.45, 7) is 4.78. The zero-order chi connectivity index (χ0) is 20.2. The minimum Gasteiger partial charge on any atom is -0.459 e. The molecule has 2 fully saturated rings. The number of aliphatic hydroxyl groups is 2. The van der Waals surface area contributed by atoms with Crippen molar-refractivity contribution >= 4 is 11.9 Å². The first-order valence-corrected chi connectivity index (χ1v) is 10.1. The fourth-order valence-electron chi connectivity index (χ4n) is 6.21. The first-order chi connectivity index (χ1) is 13.2. The highest BCUT2D eigenvalue weighted by atomic mass is 16.6. The van der Waals surface area contributed by atoms with E-state index in [0.717, 1.165) is 25.7 Å². The van der Waals surface area contributed by atoms with E-state index in [1.807, 2.05) is 25.1 Å². The summed E-state index contributed by atoms with van der Waals surface area (Å²) in [6.07, 6.45) is 0.787. The Bertz CT molecular complexity index is 804. The molecule has 0 aliphatic heterocycles. The normalized spacial score (nSPS) is 38.8. The molecule has 0 heterocycles. The van der Waals surface area contributed by atoms with E-state index < -0.39 is 29.7 Å². The maximum absolute atomic E-state index is 11.6. The van der Waals surface area contributed by atoms with E-state index in [9.17, 15) is 19.8 Å². The van der Waals surface area contributed by atoms with Crippen LogP contribution in [0, 0.1) is 17.3 Å². The summed E-state index contributed by atoms with van der Waals surface area (Å²) in [5, 5.41) is 21.5. The molecule has 2 saturated carbocycles. The molecule has 2 N–H and O–H groups in total. The monoisotopic (exact) mass is 388 g/mol. The molecule has 3 aliphatic carbocycles. The lowest BCUT2D eigenvalue weighted by Gasteiger charge is -2.50. The molecule has 1 aromatic rings. The predicted molar refractivity (Wildman–Crippen MR) is 101 cm³/mol. The number of carbonyl (C=O) groups is 2. The SMILES string of the molecule is CC(=O)Oc1ccc2c(c1)CCC1C2CCC2(C)C(OC(C)=O)C(O)C(O)C12. The van der Waals surface area contributed by atoms with E-state index >= 15 is 0 Å². The minimum absolute atomic E-state index is 0.119. The molecule has 7 atom stereocenters. The van der Waals surface area contributed by atoms with Crippen LogP contribution in [0.2, 0.25) is 0 Å². The average Bonchev–Trinajstić information content (AvgIpc) is 2.81. The van der Waals surface area contributed by atoms with Crippen LogP contribution in [0.5, 0.6) is 5.75 Å². The number of benzene rings is 1. The number of carbonyl (C=O) groups excluding carboxylic acids is 2. The fraction of sp³-hybridized carbons (Fsp3) is 0.636. The lowest BCUT2D eigenvalue weighted by Crippen LogP contribution is -2.47. The largest absolute Gasteiger partial charge is 0.459 e. The summed E-state index contributed by atoms with van der Waals surface area (Å²) in [4.78, 5) is 22.8. The average molecular weight is 388 g/mol. The van der Waals surface area contributed by atoms with Crippen LogP contribution >= 0.6 is 0 Å². The summed E-state index contributed by atoms with van der Waals surface area (Å²) < 4.78 is 10.7. The number of hydrogen-bond acceptors (Lipinski definition) is 6. The number of aryl methyl sites for hydroxylation is 1. The van der Waals surface area contributed by atoms with Crippen molar-refractivity contribution in [1.82, 2.24) is 0 Å². The number of hydrogen-bond donors (Lipinski definition) is 2. The molecule has 1 aromatic carbocycles. The van der Waals surface area contributed by atoms with Crippen LogP contribution in [0.4, 0.5) is 0 Å². The van der Waals surface area contributed by atoms with Gasteiger partial charge in [-0.1, -0.05) is 13.0 Å². The molecule has 3 aliphatic rings. The molecule has 0 amide bonds. The third-order valence-corrected chi connectivity index (χ3v) is 7.23. The molecule has 0 bridgehead atoms. The van der Waals surface area contributed by atoms with E-state index in [1.165, 1.54) is 25.0 Å². The first kappa shape index (κ1) is 19.4. The van der Waals surface area contributed by atoms with E-state index in [2.05, 4.69) is 0 Å². The van der Waals surface area contributed by atoms with Crippen LogP contribution in [-0.2, 0) is 20.7 Å². The van der Waals surface area contributed by atoms with E-state index in [0.29, 0.717) is 5.75 Å². The molecule has 7 unspecified atom stereocenters. The van der Waals surface area contributed by atoms with Gasteiger partial charge in [0.15, 0.2) is 0 Å². The molecule has 4 rings (SSSR count). The van der Waals surface area contributed by atoms with Crippen molar-refractivity contribution in [3.63, 3.8) is 0 Å². The van der Waals surface area contributed by atoms with Gasteiger partial charge in [-0.3, -0.25) is 9.59 Å². The number of esters is 2. The van der Waals surface area contributed by atoms with Gasteiger partial charge in [0.25, 0.3) is 0 Å². The Balaban J connectivity index is 1.65. The molecule has 0 aromatic heterocycles. The van der Waals surface area contributed by atoms with Crippen LogP contribution in [0.25, 0.3) is 0 Å². The molecule has 0 spiro atoms. The maximum Gasteiger partial charge on any atom is 0.308 e. The second-order valence-corrected chi connectivity index (χ2v) is 8.84. The standard InChI is InChI=1S/C22H28O6/c1-11(23)27-14-5-7-15-13(10-14)4-6-17-16(15)8-9-22(3)18(17)19(25)20(26)21(22)28-12(2)24/h5,7,10,16-21,25-26H,4,6,8-9H2,1-3H3. The smallest absolute Gasteiger partial charge is 0.308 e. The van der Waals surface area contributed by atoms with Crippen LogP contribution < -0.4 is 4.74 Å². The molecular formula is C22H28O6. The highest BCUT2D eigenvalue weighted by Gasteiger charge is 2.64. The topological polar surface area (TPSA) is 93.1 Å². The maximum atomic E-state index is 11.6. The van der Waals surface area contributed by atoms with Crippen LogP contribution in [0.3, 0.4) is 0 Å². The van der Waals surface area contributed by atoms with Gasteiger partial charge in [0.2, 0.25) is 0 Å². The fourth-order valence-corrected chi connectivity index (χ4v) is 6.21. The van der Waals surface area contributed by atoms with Crippen molar-refractivity contribution in [2.24, 2.45) is 17.3 Å². The quantitative estimate of drug-likeness (QED) is 0.597. The van der Waals surface area contributed by atoms with Crippen molar-refractivity contribution in [2.75, 3.05) is 0 Å². The highest BCUT2D eigenvalue weighted by Crippen LogP contribution is 2.61. The van der Waals surface area contributed by atoms with Gasteiger partial charge in [0.05, 0.1) is 6.10 Å². The Hall–Kier alpha value is -1.92. The molecule has 152 valence electrons. The number of ether oxygens (including phenoxy) is 2. The summed E-state index contributed by atoms with van der Waals surface area (Å²) in [5.41, 5.74) is 2.00. The van der Waals surface area contributed by atoms with Crippen LogP contribution in [0.1, 0.15) is 57.1 Å². The van der Waals surface area contributed by atoms with Gasteiger partial charge in [-0.25, -0.2) is 0 Å². The second kappa shape index (κ2) is 6.85. The van der Waals surface area contributed by atoms with E-state index in [4.69, 9.17) is 9.47 Å². The lowest BCUT2D eigenvalue weighted by molar-refractivity contribution is -0.161. The molecule has 6 heteroatoms. The minimum atomic E-state index is -1.05. The van der Waals surface area contributed by atoms with Gasteiger partial charge in [-0.05, 0) is 66.7 Å². The number of fused-ring (bicyclic) bond motifs is 5. The number of aliphatic hydroxyl groups excluding tert-OH is 2. The summed E-state index contributed by atoms with van der Waals surface area (Å²) >= 11 is 0. The molecule has 0 radical (unpaired) electrons. The first-order valence-electron chi connectivity index (χ1n) is 10.1. The Morgan fingerprint density at radius 2 is 1.86 bits per heavy atom. The van der Waals surface area contributed by atoms with Crippen molar-refractivity contribution in [1.29, 1.82) is 0 Å². The van der Waals surface area contributed by atoms with Crippen molar-refractivity contribution in [3.05, 3.63) is 29.3 Å². The Morgan fingerprint density at radius 1 is 1.11 bits per heavy atom. The zero-order valence-electron chi connectivity index (χ0n) is 16.6. The molecule has 28 heavy (non-hydrogen) atoms. The van der Waals surface area contributed by atoms with E-state index in [-0.39, 0.29) is 23.7 Å². The van der Waals surface area contributed by atoms with Crippen LogP contribution in [0.15, 0.2) is 18.2 Å². The van der Waals surface area contributed by atoms with Gasteiger partial charge >= 0.3 is 11.9 Å². The van der Waals surface area contributed by atoms with Crippen LogP contribution in [-0.4, -0.2) is 40.5 Å². The Labute approximate surface area is 164 Å². The van der Waals surface area contributed by atoms with Crippen molar-refractivity contribution < 1.29 is 29.3 Å². The third-order valence-electron chi connectivity index (χ3n) is 7.23. The third kappa shape index (κ3) is 2.94. The summed E-state index contributed by atoms with van der Waals surface area (Å²) in [7, 11) is 0. The lowest BCUT2D eigenvalue weighted by atomic mass is 9.55. The molecule has 0 saturated heterocycles. The highest BCUT2D eigenvalue weighted by molar-refractivity contribution is 5.69. The zero-order valence-corrected chi connectivity index (χ0v) is 16.6. The van der Waals surface area contributed by atoms with Crippen molar-refractivity contribution in [2.45, 2.75) is 70.7 Å². The van der Waals surface area contributed by atoms with Gasteiger partial charge < -0.3 is 19.7 Å².